The van der Waals surface area contributed by atoms with Crippen LogP contribution in [0.3, 0.4) is 0 Å². The number of carbonyl (C=O) groups is 1. The largest absolute Gasteiger partial charge is 0.466 e. The van der Waals surface area contributed by atoms with E-state index >= 15 is 0 Å². The first-order valence-electron chi connectivity index (χ1n) is 8.39. The molecule has 0 radical (unpaired) electrons. The van der Waals surface area contributed by atoms with Crippen molar-refractivity contribution in [3.8, 4) is 0 Å². The number of carbonyl (C=O) groups excluding carboxylic acids is 1. The minimum absolute atomic E-state index is 0.0859. The SMILES string of the molecule is C=CCC1C(CC(=O)OCC)=C(c2ccccc2)CCN1S(C)(=O)=O. The molecule has 0 N–H and O–H groups in total. The first-order valence-corrected chi connectivity index (χ1v) is 10.2. The zero-order valence-corrected chi connectivity index (χ0v) is 15.6. The Bertz CT molecular complexity index is 753. The van der Waals surface area contributed by atoms with Crippen LogP contribution in [-0.4, -0.2) is 44.1 Å². The van der Waals surface area contributed by atoms with Gasteiger partial charge in [0.15, 0.2) is 0 Å². The van der Waals surface area contributed by atoms with Crippen LogP contribution in [0.5, 0.6) is 0 Å². The summed E-state index contributed by atoms with van der Waals surface area (Å²) in [4.78, 5) is 12.1. The average Bonchev–Trinajstić information content (AvgIpc) is 2.56. The average molecular weight is 363 g/mol. The Balaban J connectivity index is 2.54. The van der Waals surface area contributed by atoms with Crippen molar-refractivity contribution in [3.63, 3.8) is 0 Å². The fourth-order valence-corrected chi connectivity index (χ4v) is 4.39. The van der Waals surface area contributed by atoms with Gasteiger partial charge in [0.05, 0.1) is 25.3 Å². The Morgan fingerprint density at radius 2 is 2.04 bits per heavy atom. The molecule has 1 aliphatic rings. The van der Waals surface area contributed by atoms with E-state index < -0.39 is 16.1 Å². The monoisotopic (exact) mass is 363 g/mol. The number of esters is 1. The van der Waals surface area contributed by atoms with Crippen LogP contribution < -0.4 is 0 Å². The molecule has 1 unspecified atom stereocenters. The molecule has 25 heavy (non-hydrogen) atoms. The molecule has 136 valence electrons. The number of hydrogen-bond acceptors (Lipinski definition) is 4. The summed E-state index contributed by atoms with van der Waals surface area (Å²) in [5.74, 6) is -0.338. The van der Waals surface area contributed by atoms with Gasteiger partial charge in [-0.2, -0.15) is 4.31 Å². The van der Waals surface area contributed by atoms with Crippen LogP contribution >= 0.6 is 0 Å². The van der Waals surface area contributed by atoms with Gasteiger partial charge in [0.25, 0.3) is 0 Å². The summed E-state index contributed by atoms with van der Waals surface area (Å²) in [7, 11) is -3.38. The van der Waals surface area contributed by atoms with Crippen LogP contribution in [0.2, 0.25) is 0 Å². The highest BCUT2D eigenvalue weighted by Gasteiger charge is 2.35. The summed E-state index contributed by atoms with van der Waals surface area (Å²) in [6, 6.07) is 9.39. The standard InChI is InChI=1S/C19H25NO4S/c1-4-9-18-17(14-19(21)24-5-2)16(15-10-7-6-8-11-15)12-13-20(18)25(3,22)23/h4,6-8,10-11,18H,1,5,9,12-14H2,2-3H3. The minimum Gasteiger partial charge on any atom is -0.466 e. The summed E-state index contributed by atoms with van der Waals surface area (Å²) in [6.07, 6.45) is 4.01. The van der Waals surface area contributed by atoms with Gasteiger partial charge in [-0.1, -0.05) is 36.4 Å². The summed E-state index contributed by atoms with van der Waals surface area (Å²) in [6.45, 7) is 6.21. The summed E-state index contributed by atoms with van der Waals surface area (Å²) >= 11 is 0. The van der Waals surface area contributed by atoms with Gasteiger partial charge in [0.2, 0.25) is 10.0 Å². The second-order valence-electron chi connectivity index (χ2n) is 6.02. The van der Waals surface area contributed by atoms with Crippen LogP contribution in [0.1, 0.15) is 31.7 Å². The molecule has 1 atom stereocenters. The first kappa shape index (κ1) is 19.4. The molecule has 0 saturated carbocycles. The molecule has 6 heteroatoms. The minimum atomic E-state index is -3.38. The van der Waals surface area contributed by atoms with Crippen molar-refractivity contribution in [2.75, 3.05) is 19.4 Å². The van der Waals surface area contributed by atoms with E-state index in [9.17, 15) is 13.2 Å². The van der Waals surface area contributed by atoms with Gasteiger partial charge in [0, 0.05) is 6.54 Å². The molecule has 0 spiro atoms. The molecule has 5 nitrogen and oxygen atoms in total. The maximum atomic E-state index is 12.2. The molecule has 2 rings (SSSR count). The van der Waals surface area contributed by atoms with Crippen LogP contribution in [0.25, 0.3) is 5.57 Å². The maximum Gasteiger partial charge on any atom is 0.309 e. The van der Waals surface area contributed by atoms with E-state index in [1.54, 1.807) is 13.0 Å². The van der Waals surface area contributed by atoms with Crippen LogP contribution in [0, 0.1) is 0 Å². The van der Waals surface area contributed by atoms with E-state index in [0.29, 0.717) is 26.0 Å². The highest BCUT2D eigenvalue weighted by Crippen LogP contribution is 2.36. The lowest BCUT2D eigenvalue weighted by Gasteiger charge is -2.37. The van der Waals surface area contributed by atoms with Gasteiger partial charge in [0.1, 0.15) is 0 Å². The lowest BCUT2D eigenvalue weighted by Crippen LogP contribution is -2.44. The van der Waals surface area contributed by atoms with Gasteiger partial charge in [-0.3, -0.25) is 4.79 Å². The summed E-state index contributed by atoms with van der Waals surface area (Å²) < 4.78 is 31.0. The Morgan fingerprint density at radius 1 is 1.36 bits per heavy atom. The third-order valence-electron chi connectivity index (χ3n) is 4.30. The van der Waals surface area contributed by atoms with Crippen molar-refractivity contribution in [1.82, 2.24) is 4.31 Å². The Hall–Kier alpha value is -1.92. The molecular weight excluding hydrogens is 338 g/mol. The van der Waals surface area contributed by atoms with Gasteiger partial charge >= 0.3 is 5.97 Å². The summed E-state index contributed by atoms with van der Waals surface area (Å²) in [5, 5.41) is 0. The van der Waals surface area contributed by atoms with E-state index in [-0.39, 0.29) is 12.4 Å². The third-order valence-corrected chi connectivity index (χ3v) is 5.59. The molecular formula is C19H25NO4S. The highest BCUT2D eigenvalue weighted by molar-refractivity contribution is 7.88. The Labute approximate surface area is 150 Å². The molecule has 0 bridgehead atoms. The Morgan fingerprint density at radius 3 is 2.60 bits per heavy atom. The molecule has 0 saturated heterocycles. The van der Waals surface area contributed by atoms with E-state index in [1.165, 1.54) is 10.6 Å². The van der Waals surface area contributed by atoms with Gasteiger partial charge in [-0.25, -0.2) is 8.42 Å². The zero-order chi connectivity index (χ0) is 18.4. The lowest BCUT2D eigenvalue weighted by atomic mass is 9.86. The number of ether oxygens (including phenoxy) is 1. The second kappa shape index (κ2) is 8.45. The van der Waals surface area contributed by atoms with Crippen LogP contribution in [0.15, 0.2) is 48.6 Å². The fourth-order valence-electron chi connectivity index (χ4n) is 3.29. The van der Waals surface area contributed by atoms with Crippen LogP contribution in [-0.2, 0) is 19.6 Å². The quantitative estimate of drug-likeness (QED) is 0.552. The van der Waals surface area contributed by atoms with Gasteiger partial charge < -0.3 is 4.74 Å². The van der Waals surface area contributed by atoms with E-state index in [2.05, 4.69) is 6.58 Å². The topological polar surface area (TPSA) is 63.7 Å². The van der Waals surface area contributed by atoms with Gasteiger partial charge in [-0.15, -0.1) is 6.58 Å². The number of sulfonamides is 1. The molecule has 1 heterocycles. The predicted molar refractivity (Wildman–Crippen MR) is 99.4 cm³/mol. The summed E-state index contributed by atoms with van der Waals surface area (Å²) in [5.41, 5.74) is 2.85. The van der Waals surface area contributed by atoms with Crippen molar-refractivity contribution in [2.24, 2.45) is 0 Å². The van der Waals surface area contributed by atoms with Crippen LogP contribution in [0.4, 0.5) is 0 Å². The molecule has 1 aromatic carbocycles. The van der Waals surface area contributed by atoms with Crippen molar-refractivity contribution < 1.29 is 17.9 Å². The fraction of sp³-hybridized carbons (Fsp3) is 0.421. The molecule has 0 aromatic heterocycles. The number of benzene rings is 1. The number of rotatable bonds is 7. The normalized spacial score (nSPS) is 18.9. The molecule has 0 fully saturated rings. The van der Waals surface area contributed by atoms with E-state index in [4.69, 9.17) is 4.74 Å². The maximum absolute atomic E-state index is 12.2. The third kappa shape index (κ3) is 4.80. The number of nitrogens with zero attached hydrogens (tertiary/aromatic N) is 1. The van der Waals surface area contributed by atoms with Crippen molar-refractivity contribution in [3.05, 3.63) is 54.1 Å². The zero-order valence-electron chi connectivity index (χ0n) is 14.8. The smallest absolute Gasteiger partial charge is 0.309 e. The first-order chi connectivity index (χ1) is 11.9. The van der Waals surface area contributed by atoms with E-state index in [1.807, 2.05) is 30.3 Å². The molecule has 1 aliphatic heterocycles. The lowest BCUT2D eigenvalue weighted by molar-refractivity contribution is -0.142. The van der Waals surface area contributed by atoms with Crippen molar-refractivity contribution in [1.29, 1.82) is 0 Å². The molecule has 0 aliphatic carbocycles. The van der Waals surface area contributed by atoms with Gasteiger partial charge in [-0.05, 0) is 36.5 Å². The van der Waals surface area contributed by atoms with E-state index in [0.717, 1.165) is 16.7 Å². The Kier molecular flexibility index (Phi) is 6.56. The molecule has 0 amide bonds. The predicted octanol–water partition coefficient (Wildman–Crippen LogP) is 3.00. The highest BCUT2D eigenvalue weighted by atomic mass is 32.2. The molecule has 1 aromatic rings. The van der Waals surface area contributed by atoms with Crippen molar-refractivity contribution >= 4 is 21.6 Å². The van der Waals surface area contributed by atoms with Crippen molar-refractivity contribution in [2.45, 2.75) is 32.2 Å². The number of hydrogen-bond donors (Lipinski definition) is 0. The second-order valence-corrected chi connectivity index (χ2v) is 7.95.